The second-order valence-corrected chi connectivity index (χ2v) is 12.8. The van der Waals surface area contributed by atoms with Crippen LogP contribution in [0, 0.1) is 0 Å². The van der Waals surface area contributed by atoms with E-state index in [0.717, 1.165) is 19.1 Å². The first-order chi connectivity index (χ1) is 17.5. The summed E-state index contributed by atoms with van der Waals surface area (Å²) in [6.07, 6.45) is 2.97. The molecule has 8 nitrogen and oxygen atoms in total. The lowest BCUT2D eigenvalue weighted by Gasteiger charge is -2.41. The molecular weight excluding hydrogens is 502 g/mol. The SMILES string of the molecule is CC(C)N1[C@@H]2CC[C@H]1CC(Oc1ccc3c(c1)cc(C(=O)N1CCN(S(C)(=O)=O)CC1)n3CC(F)F)C2. The van der Waals surface area contributed by atoms with Crippen LogP contribution >= 0.6 is 0 Å². The van der Waals surface area contributed by atoms with Gasteiger partial charge in [0.25, 0.3) is 12.3 Å². The van der Waals surface area contributed by atoms with Crippen LogP contribution in [0.3, 0.4) is 0 Å². The molecule has 1 aromatic carbocycles. The summed E-state index contributed by atoms with van der Waals surface area (Å²) in [5.74, 6) is 0.315. The van der Waals surface area contributed by atoms with Crippen molar-refractivity contribution in [3.05, 3.63) is 30.0 Å². The molecule has 0 saturated carbocycles. The number of sulfonamides is 1. The number of halogens is 2. The molecule has 1 aromatic heterocycles. The molecule has 3 atom stereocenters. The first-order valence-corrected chi connectivity index (χ1v) is 15.0. The van der Waals surface area contributed by atoms with Gasteiger partial charge in [-0.3, -0.25) is 9.69 Å². The number of piperazine rings is 1. The van der Waals surface area contributed by atoms with Crippen LogP contribution in [-0.4, -0.2) is 96.1 Å². The van der Waals surface area contributed by atoms with E-state index in [1.54, 1.807) is 18.2 Å². The molecule has 1 amide bonds. The minimum Gasteiger partial charge on any atom is -0.490 e. The molecule has 3 fully saturated rings. The monoisotopic (exact) mass is 538 g/mol. The lowest BCUT2D eigenvalue weighted by Crippen LogP contribution is -2.50. The molecule has 2 aromatic rings. The minimum atomic E-state index is -3.34. The van der Waals surface area contributed by atoms with Gasteiger partial charge in [-0.1, -0.05) is 0 Å². The number of piperidine rings is 1. The fraction of sp³-hybridized carbons (Fsp3) is 0.654. The van der Waals surface area contributed by atoms with E-state index in [0.29, 0.717) is 34.8 Å². The number of amides is 1. The lowest BCUT2D eigenvalue weighted by atomic mass is 9.98. The highest BCUT2D eigenvalue weighted by Gasteiger charge is 2.42. The zero-order chi connectivity index (χ0) is 26.5. The molecule has 1 unspecified atom stereocenters. The van der Waals surface area contributed by atoms with Crippen molar-refractivity contribution in [1.82, 2.24) is 18.7 Å². The Balaban J connectivity index is 1.35. The second-order valence-electron chi connectivity index (χ2n) is 10.8. The van der Waals surface area contributed by atoms with Gasteiger partial charge in [-0.15, -0.1) is 0 Å². The fourth-order valence-electron chi connectivity index (χ4n) is 6.51. The van der Waals surface area contributed by atoms with E-state index >= 15 is 0 Å². The first-order valence-electron chi connectivity index (χ1n) is 13.1. The maximum atomic E-state index is 13.5. The highest BCUT2D eigenvalue weighted by Crippen LogP contribution is 2.39. The smallest absolute Gasteiger partial charge is 0.270 e. The second kappa shape index (κ2) is 10.1. The van der Waals surface area contributed by atoms with Crippen molar-refractivity contribution in [3.8, 4) is 5.75 Å². The van der Waals surface area contributed by atoms with E-state index in [2.05, 4.69) is 18.7 Å². The van der Waals surface area contributed by atoms with Gasteiger partial charge in [0.05, 0.1) is 12.8 Å². The molecule has 0 spiro atoms. The van der Waals surface area contributed by atoms with E-state index in [1.165, 1.54) is 26.6 Å². The number of carbonyl (C=O) groups is 1. The van der Waals surface area contributed by atoms with Gasteiger partial charge in [-0.05, 0) is 63.8 Å². The summed E-state index contributed by atoms with van der Waals surface area (Å²) in [5.41, 5.74) is 0.740. The van der Waals surface area contributed by atoms with Crippen LogP contribution in [0.5, 0.6) is 5.75 Å². The van der Waals surface area contributed by atoms with Gasteiger partial charge in [0, 0.05) is 55.2 Å². The number of aromatic nitrogens is 1. The van der Waals surface area contributed by atoms with Crippen molar-refractivity contribution in [3.63, 3.8) is 0 Å². The zero-order valence-electron chi connectivity index (χ0n) is 21.6. The third kappa shape index (κ3) is 5.35. The summed E-state index contributed by atoms with van der Waals surface area (Å²) in [6, 6.07) is 8.64. The number of ether oxygens (including phenoxy) is 1. The van der Waals surface area contributed by atoms with Crippen LogP contribution < -0.4 is 4.74 Å². The Morgan fingerprint density at radius 3 is 2.27 bits per heavy atom. The quantitative estimate of drug-likeness (QED) is 0.540. The fourth-order valence-corrected chi connectivity index (χ4v) is 7.34. The molecule has 204 valence electrons. The molecule has 0 aliphatic carbocycles. The van der Waals surface area contributed by atoms with Gasteiger partial charge < -0.3 is 14.2 Å². The molecule has 11 heteroatoms. The summed E-state index contributed by atoms with van der Waals surface area (Å²) in [6.45, 7) is 4.71. The van der Waals surface area contributed by atoms with Crippen molar-refractivity contribution in [2.24, 2.45) is 0 Å². The average Bonchev–Trinajstić information content (AvgIpc) is 3.32. The highest BCUT2D eigenvalue weighted by atomic mass is 32.2. The molecule has 5 rings (SSSR count). The molecule has 3 aliphatic heterocycles. The van der Waals surface area contributed by atoms with Crippen molar-refractivity contribution in [2.45, 2.75) is 76.7 Å². The summed E-state index contributed by atoms with van der Waals surface area (Å²) >= 11 is 0. The van der Waals surface area contributed by atoms with Crippen molar-refractivity contribution in [1.29, 1.82) is 0 Å². The van der Waals surface area contributed by atoms with Gasteiger partial charge in [0.15, 0.2) is 0 Å². The maximum Gasteiger partial charge on any atom is 0.270 e. The van der Waals surface area contributed by atoms with E-state index < -0.39 is 23.0 Å². The number of rotatable bonds is 7. The summed E-state index contributed by atoms with van der Waals surface area (Å²) < 4.78 is 59.7. The molecular formula is C26H36F2N4O4S. The Morgan fingerprint density at radius 1 is 1.05 bits per heavy atom. The van der Waals surface area contributed by atoms with Crippen molar-refractivity contribution < 1.29 is 26.7 Å². The van der Waals surface area contributed by atoms with Crippen LogP contribution in [-0.2, 0) is 16.6 Å². The molecule has 4 heterocycles. The summed E-state index contributed by atoms with van der Waals surface area (Å²) in [4.78, 5) is 17.5. The van der Waals surface area contributed by atoms with Crippen molar-refractivity contribution in [2.75, 3.05) is 32.4 Å². The Labute approximate surface area is 217 Å². The molecule has 3 saturated heterocycles. The van der Waals surface area contributed by atoms with E-state index in [9.17, 15) is 22.0 Å². The standard InChI is InChI=1S/C26H36F2N4O4S/c1-17(2)32-19-4-5-20(32)15-22(14-19)36-21-6-7-23-18(12-21)13-24(31(23)16-25(27)28)26(33)29-8-10-30(11-9-29)37(3,34)35/h6-7,12-13,17,19-20,22,25H,4-5,8-11,14-16H2,1-3H3/t19-,20+,22?. The molecule has 0 radical (unpaired) electrons. The zero-order valence-corrected chi connectivity index (χ0v) is 22.5. The Hall–Kier alpha value is -2.24. The maximum absolute atomic E-state index is 13.5. The number of carbonyl (C=O) groups excluding carboxylic acids is 1. The summed E-state index contributed by atoms with van der Waals surface area (Å²) in [5, 5.41) is 0.680. The average molecular weight is 539 g/mol. The predicted molar refractivity (Wildman–Crippen MR) is 138 cm³/mol. The van der Waals surface area contributed by atoms with Gasteiger partial charge in [0.2, 0.25) is 10.0 Å². The number of fused-ring (bicyclic) bond motifs is 3. The van der Waals surface area contributed by atoms with Crippen LogP contribution in [0.15, 0.2) is 24.3 Å². The molecule has 37 heavy (non-hydrogen) atoms. The Kier molecular flexibility index (Phi) is 7.23. The van der Waals surface area contributed by atoms with E-state index in [-0.39, 0.29) is 43.9 Å². The topological polar surface area (TPSA) is 75.1 Å². The molecule has 3 aliphatic rings. The van der Waals surface area contributed by atoms with Gasteiger partial charge in [0.1, 0.15) is 17.5 Å². The Bertz CT molecular complexity index is 1240. The normalized spacial score (nSPS) is 25.5. The number of alkyl halides is 2. The minimum absolute atomic E-state index is 0.111. The van der Waals surface area contributed by atoms with Crippen LogP contribution in [0.25, 0.3) is 10.9 Å². The van der Waals surface area contributed by atoms with Gasteiger partial charge >= 0.3 is 0 Å². The number of nitrogens with zero attached hydrogens (tertiary/aromatic N) is 4. The largest absolute Gasteiger partial charge is 0.490 e. The van der Waals surface area contributed by atoms with Gasteiger partial charge in [-0.25, -0.2) is 17.2 Å². The number of benzene rings is 1. The third-order valence-electron chi connectivity index (χ3n) is 8.05. The van der Waals surface area contributed by atoms with Crippen LogP contribution in [0.2, 0.25) is 0 Å². The Morgan fingerprint density at radius 2 is 1.70 bits per heavy atom. The van der Waals surface area contributed by atoms with Gasteiger partial charge in [-0.2, -0.15) is 4.31 Å². The highest BCUT2D eigenvalue weighted by molar-refractivity contribution is 7.88. The van der Waals surface area contributed by atoms with E-state index in [1.807, 2.05) is 6.07 Å². The number of hydrogen-bond acceptors (Lipinski definition) is 5. The molecule has 2 bridgehead atoms. The van der Waals surface area contributed by atoms with E-state index in [4.69, 9.17) is 4.74 Å². The lowest BCUT2D eigenvalue weighted by molar-refractivity contribution is 0.0308. The van der Waals surface area contributed by atoms with Crippen LogP contribution in [0.4, 0.5) is 8.78 Å². The summed E-state index contributed by atoms with van der Waals surface area (Å²) in [7, 11) is -3.34. The predicted octanol–water partition coefficient (Wildman–Crippen LogP) is 3.41. The molecule has 0 N–H and O–H groups in total. The van der Waals surface area contributed by atoms with Crippen LogP contribution in [0.1, 0.15) is 50.0 Å². The first kappa shape index (κ1) is 26.4. The van der Waals surface area contributed by atoms with Crippen molar-refractivity contribution >= 4 is 26.8 Å². The third-order valence-corrected chi connectivity index (χ3v) is 9.36. The number of hydrogen-bond donors (Lipinski definition) is 0.